The molecule has 4 aromatic rings. The van der Waals surface area contributed by atoms with E-state index in [0.29, 0.717) is 17.4 Å². The maximum Gasteiger partial charge on any atom is 0.217 e. The van der Waals surface area contributed by atoms with E-state index in [1.807, 2.05) is 46.5 Å². The largest absolute Gasteiger partial charge is 0.440 e. The number of benzene rings is 1. The maximum absolute atomic E-state index is 6.00. The first-order valence-electron chi connectivity index (χ1n) is 9.05. The lowest BCUT2D eigenvalue weighted by Crippen LogP contribution is -2.36. The van der Waals surface area contributed by atoms with Gasteiger partial charge < -0.3 is 4.42 Å². The fourth-order valence-electron chi connectivity index (χ4n) is 3.63. The molecule has 5 rings (SSSR count). The fourth-order valence-corrected chi connectivity index (χ4v) is 4.48. The van der Waals surface area contributed by atoms with Crippen LogP contribution < -0.4 is 0 Å². The highest BCUT2D eigenvalue weighted by atomic mass is 32.1. The van der Waals surface area contributed by atoms with Gasteiger partial charge in [0.2, 0.25) is 4.77 Å². The molecule has 138 valence electrons. The number of hydrogen-bond acceptors (Lipinski definition) is 6. The van der Waals surface area contributed by atoms with Gasteiger partial charge in [-0.15, -0.1) is 11.3 Å². The molecule has 27 heavy (non-hydrogen) atoms. The summed E-state index contributed by atoms with van der Waals surface area (Å²) >= 11 is 7.11. The Labute approximate surface area is 165 Å². The number of nitrogens with one attached hydrogen (secondary N) is 1. The van der Waals surface area contributed by atoms with Gasteiger partial charge in [0.25, 0.3) is 0 Å². The van der Waals surface area contributed by atoms with Gasteiger partial charge in [0.1, 0.15) is 5.52 Å². The summed E-state index contributed by atoms with van der Waals surface area (Å²) in [7, 11) is 0. The summed E-state index contributed by atoms with van der Waals surface area (Å²) in [5.41, 5.74) is 1.79. The molecule has 6 nitrogen and oxygen atoms in total. The molecule has 1 aliphatic heterocycles. The van der Waals surface area contributed by atoms with E-state index in [0.717, 1.165) is 53.6 Å². The number of piperidine rings is 1. The third kappa shape index (κ3) is 3.36. The smallest absolute Gasteiger partial charge is 0.217 e. The van der Waals surface area contributed by atoms with Crippen LogP contribution in [0.1, 0.15) is 24.7 Å². The van der Waals surface area contributed by atoms with Gasteiger partial charge in [0.15, 0.2) is 17.3 Å². The van der Waals surface area contributed by atoms with E-state index in [-0.39, 0.29) is 0 Å². The lowest BCUT2D eigenvalue weighted by atomic mass is 9.98. The van der Waals surface area contributed by atoms with E-state index < -0.39 is 0 Å². The number of hydrogen-bond donors (Lipinski definition) is 1. The second-order valence-corrected chi connectivity index (χ2v) is 8.15. The zero-order chi connectivity index (χ0) is 18.2. The first-order valence-corrected chi connectivity index (χ1v) is 10.3. The Bertz CT molecular complexity index is 1080. The lowest BCUT2D eigenvalue weighted by molar-refractivity contribution is 0.148. The Balaban J connectivity index is 1.33. The van der Waals surface area contributed by atoms with Crippen molar-refractivity contribution in [2.45, 2.75) is 25.4 Å². The number of H-pyrrole nitrogens is 1. The highest BCUT2D eigenvalue weighted by Gasteiger charge is 2.26. The second-order valence-electron chi connectivity index (χ2n) is 6.84. The highest BCUT2D eigenvalue weighted by molar-refractivity contribution is 7.71. The van der Waals surface area contributed by atoms with Crippen LogP contribution in [-0.4, -0.2) is 37.7 Å². The van der Waals surface area contributed by atoms with Crippen molar-refractivity contribution in [3.63, 3.8) is 0 Å². The third-order valence-electron chi connectivity index (χ3n) is 4.94. The summed E-state index contributed by atoms with van der Waals surface area (Å²) in [4.78, 5) is 12.7. The summed E-state index contributed by atoms with van der Waals surface area (Å²) < 4.78 is 8.53. The van der Waals surface area contributed by atoms with E-state index in [9.17, 15) is 0 Å². The van der Waals surface area contributed by atoms with Crippen molar-refractivity contribution in [2.75, 3.05) is 13.1 Å². The SMILES string of the molecule is S=c1nc(-c2cccs2)[nH]n1CN1CCCC(c2nc3ccccc3o2)C1. The molecule has 1 aliphatic rings. The zero-order valence-electron chi connectivity index (χ0n) is 14.7. The van der Waals surface area contributed by atoms with Gasteiger partial charge in [-0.25, -0.2) is 9.67 Å². The van der Waals surface area contributed by atoms with Crippen LogP contribution in [0.15, 0.2) is 46.2 Å². The van der Waals surface area contributed by atoms with Crippen LogP contribution in [0.3, 0.4) is 0 Å². The molecule has 1 saturated heterocycles. The zero-order valence-corrected chi connectivity index (χ0v) is 16.3. The van der Waals surface area contributed by atoms with Gasteiger partial charge in [-0.3, -0.25) is 10.00 Å². The van der Waals surface area contributed by atoms with Gasteiger partial charge in [-0.1, -0.05) is 18.2 Å². The van der Waals surface area contributed by atoms with E-state index in [4.69, 9.17) is 21.6 Å². The van der Waals surface area contributed by atoms with Gasteiger partial charge in [0.05, 0.1) is 11.5 Å². The van der Waals surface area contributed by atoms with Crippen LogP contribution in [0, 0.1) is 4.77 Å². The minimum atomic E-state index is 0.306. The van der Waals surface area contributed by atoms with E-state index in [2.05, 4.69) is 15.0 Å². The van der Waals surface area contributed by atoms with Gasteiger partial charge in [-0.05, 0) is 55.2 Å². The number of aromatic amines is 1. The number of fused-ring (bicyclic) bond motifs is 1. The highest BCUT2D eigenvalue weighted by Crippen LogP contribution is 2.29. The summed E-state index contributed by atoms with van der Waals surface area (Å²) in [5.74, 6) is 1.98. The monoisotopic (exact) mass is 397 g/mol. The normalized spacial score (nSPS) is 18.3. The first-order chi connectivity index (χ1) is 13.3. The van der Waals surface area contributed by atoms with Crippen molar-refractivity contribution >= 4 is 34.7 Å². The molecule has 0 saturated carbocycles. The minimum Gasteiger partial charge on any atom is -0.440 e. The van der Waals surface area contributed by atoms with Crippen LogP contribution >= 0.6 is 23.6 Å². The fraction of sp³-hybridized carbons (Fsp3) is 0.316. The van der Waals surface area contributed by atoms with Crippen molar-refractivity contribution in [1.29, 1.82) is 0 Å². The Morgan fingerprint density at radius 1 is 1.22 bits per heavy atom. The number of aromatic nitrogens is 4. The number of likely N-dealkylation sites (tertiary alicyclic amines) is 1. The molecular weight excluding hydrogens is 378 g/mol. The summed E-state index contributed by atoms with van der Waals surface area (Å²) in [6, 6.07) is 12.0. The van der Waals surface area contributed by atoms with E-state index >= 15 is 0 Å². The summed E-state index contributed by atoms with van der Waals surface area (Å²) in [6.07, 6.45) is 2.21. The van der Waals surface area contributed by atoms with Crippen LogP contribution in [0.4, 0.5) is 0 Å². The molecule has 0 bridgehead atoms. The Morgan fingerprint density at radius 2 is 2.15 bits per heavy atom. The van der Waals surface area contributed by atoms with Gasteiger partial charge in [0, 0.05) is 12.5 Å². The minimum absolute atomic E-state index is 0.306. The first kappa shape index (κ1) is 16.9. The molecule has 3 aromatic heterocycles. The second kappa shape index (κ2) is 7.03. The molecule has 0 spiro atoms. The van der Waals surface area contributed by atoms with E-state index in [1.54, 1.807) is 11.3 Å². The molecule has 1 aromatic carbocycles. The molecule has 4 heterocycles. The molecule has 8 heteroatoms. The predicted octanol–water partition coefficient (Wildman–Crippen LogP) is 4.65. The number of para-hydroxylation sites is 2. The van der Waals surface area contributed by atoms with Crippen LogP contribution in [0.5, 0.6) is 0 Å². The quantitative estimate of drug-likeness (QED) is 0.508. The Kier molecular flexibility index (Phi) is 4.39. The van der Waals surface area contributed by atoms with Gasteiger partial charge >= 0.3 is 0 Å². The molecule has 1 N–H and O–H groups in total. The van der Waals surface area contributed by atoms with Crippen molar-refractivity contribution in [3.05, 3.63) is 52.4 Å². The Hall–Kier alpha value is -2.29. The molecular formula is C19H19N5OS2. The van der Waals surface area contributed by atoms with Crippen LogP contribution in [0.25, 0.3) is 21.8 Å². The van der Waals surface area contributed by atoms with Gasteiger partial charge in [-0.2, -0.15) is 4.98 Å². The van der Waals surface area contributed by atoms with E-state index in [1.165, 1.54) is 0 Å². The topological polar surface area (TPSA) is 62.9 Å². The van der Waals surface area contributed by atoms with Crippen molar-refractivity contribution < 1.29 is 4.42 Å². The van der Waals surface area contributed by atoms with Crippen LogP contribution in [-0.2, 0) is 6.67 Å². The number of nitrogens with zero attached hydrogens (tertiary/aromatic N) is 4. The molecule has 0 aliphatic carbocycles. The Morgan fingerprint density at radius 3 is 3.00 bits per heavy atom. The average Bonchev–Trinajstić information content (AvgIpc) is 3.42. The standard InChI is InChI=1S/C19H19N5OS2/c26-19-21-17(16-8-4-10-27-16)22-24(19)12-23-9-3-5-13(11-23)18-20-14-6-1-2-7-15(14)25-18/h1-2,4,6-8,10,13H,3,5,9,11-12H2,(H,21,22,26). The predicted molar refractivity (Wildman–Crippen MR) is 108 cm³/mol. The number of oxazole rings is 1. The molecule has 1 fully saturated rings. The number of thiophene rings is 1. The molecule has 1 atom stereocenters. The average molecular weight is 398 g/mol. The maximum atomic E-state index is 6.00. The summed E-state index contributed by atoms with van der Waals surface area (Å²) in [5, 5.41) is 5.38. The third-order valence-corrected chi connectivity index (χ3v) is 6.13. The molecule has 0 radical (unpaired) electrons. The molecule has 0 amide bonds. The number of rotatable bonds is 4. The van der Waals surface area contributed by atoms with Crippen molar-refractivity contribution in [2.24, 2.45) is 0 Å². The lowest BCUT2D eigenvalue weighted by Gasteiger charge is -2.30. The van der Waals surface area contributed by atoms with Crippen molar-refractivity contribution in [3.8, 4) is 10.7 Å². The summed E-state index contributed by atoms with van der Waals surface area (Å²) in [6.45, 7) is 2.64. The molecule has 1 unspecified atom stereocenters. The van der Waals surface area contributed by atoms with Crippen LogP contribution in [0.2, 0.25) is 0 Å². The van der Waals surface area contributed by atoms with Crippen molar-refractivity contribution in [1.82, 2.24) is 24.6 Å².